The number of nitrogens with zero attached hydrogens (tertiary/aromatic N) is 5. The molecular weight excluding hydrogens is 342 g/mol. The molecule has 1 aromatic rings. The third-order valence-corrected chi connectivity index (χ3v) is 5.98. The first kappa shape index (κ1) is 19.8. The minimum absolute atomic E-state index is 0.102. The number of hydrogen-bond donors (Lipinski definition) is 0. The summed E-state index contributed by atoms with van der Waals surface area (Å²) in [6.07, 6.45) is 9.31. The van der Waals surface area contributed by atoms with E-state index in [1.165, 1.54) is 6.33 Å². The lowest BCUT2D eigenvalue weighted by molar-refractivity contribution is -0.143. The molecule has 0 saturated carbocycles. The summed E-state index contributed by atoms with van der Waals surface area (Å²) in [4.78, 5) is 33.1. The summed E-state index contributed by atoms with van der Waals surface area (Å²) < 4.78 is 1.77. The molecule has 2 aliphatic rings. The quantitative estimate of drug-likeness (QED) is 0.733. The van der Waals surface area contributed by atoms with E-state index in [0.717, 1.165) is 64.8 Å². The zero-order valence-electron chi connectivity index (χ0n) is 16.8. The van der Waals surface area contributed by atoms with Gasteiger partial charge in [0.2, 0.25) is 11.8 Å². The van der Waals surface area contributed by atoms with Crippen LogP contribution < -0.4 is 0 Å². The third kappa shape index (κ3) is 5.30. The average Bonchev–Trinajstić information content (AvgIpc) is 3.16. The number of aryl methyl sites for hydroxylation is 1. The van der Waals surface area contributed by atoms with E-state index in [1.807, 2.05) is 4.90 Å². The Hall–Kier alpha value is -1.92. The summed E-state index contributed by atoms with van der Waals surface area (Å²) in [6, 6.07) is 0. The lowest BCUT2D eigenvalue weighted by Crippen LogP contribution is -2.55. The van der Waals surface area contributed by atoms with Crippen molar-refractivity contribution in [3.8, 4) is 0 Å². The molecule has 0 aromatic carbocycles. The molecule has 3 rings (SSSR count). The number of rotatable bonds is 7. The van der Waals surface area contributed by atoms with Crippen LogP contribution in [0.1, 0.15) is 58.8 Å². The van der Waals surface area contributed by atoms with E-state index in [0.29, 0.717) is 18.8 Å². The van der Waals surface area contributed by atoms with Crippen molar-refractivity contribution >= 4 is 11.8 Å². The largest absolute Gasteiger partial charge is 0.342 e. The van der Waals surface area contributed by atoms with Crippen molar-refractivity contribution in [2.24, 2.45) is 11.3 Å². The Morgan fingerprint density at radius 2 is 2.11 bits per heavy atom. The summed E-state index contributed by atoms with van der Waals surface area (Å²) >= 11 is 0. The maximum absolute atomic E-state index is 12.7. The Bertz CT molecular complexity index is 630. The predicted molar refractivity (Wildman–Crippen MR) is 103 cm³/mol. The molecule has 0 aliphatic carbocycles. The fourth-order valence-corrected chi connectivity index (χ4v) is 4.37. The van der Waals surface area contributed by atoms with Crippen molar-refractivity contribution in [3.05, 3.63) is 12.7 Å². The molecule has 0 bridgehead atoms. The maximum atomic E-state index is 12.7. The van der Waals surface area contributed by atoms with Gasteiger partial charge in [-0.15, -0.1) is 0 Å². The molecule has 150 valence electrons. The summed E-state index contributed by atoms with van der Waals surface area (Å²) in [5.74, 6) is 1.13. The number of amides is 2. The third-order valence-electron chi connectivity index (χ3n) is 5.98. The molecule has 2 fully saturated rings. The normalized spacial score (nSPS) is 23.4. The smallest absolute Gasteiger partial charge is 0.222 e. The molecule has 2 saturated heterocycles. The molecule has 2 aliphatic heterocycles. The topological polar surface area (TPSA) is 71.3 Å². The van der Waals surface area contributed by atoms with Gasteiger partial charge in [-0.05, 0) is 38.0 Å². The van der Waals surface area contributed by atoms with Crippen LogP contribution in [-0.2, 0) is 16.1 Å². The van der Waals surface area contributed by atoms with Crippen molar-refractivity contribution in [1.29, 1.82) is 0 Å². The second-order valence-corrected chi connectivity index (χ2v) is 8.68. The first-order chi connectivity index (χ1) is 13.0. The molecule has 7 nitrogen and oxygen atoms in total. The second kappa shape index (κ2) is 8.85. The van der Waals surface area contributed by atoms with Crippen molar-refractivity contribution in [2.75, 3.05) is 26.2 Å². The van der Waals surface area contributed by atoms with Gasteiger partial charge in [0.05, 0.1) is 0 Å². The van der Waals surface area contributed by atoms with Crippen LogP contribution in [0.15, 0.2) is 12.7 Å². The lowest BCUT2D eigenvalue weighted by Gasteiger charge is -2.48. The summed E-state index contributed by atoms with van der Waals surface area (Å²) in [5, 5.41) is 4.08. The van der Waals surface area contributed by atoms with Crippen molar-refractivity contribution < 1.29 is 9.59 Å². The van der Waals surface area contributed by atoms with Gasteiger partial charge in [0, 0.05) is 51.0 Å². The highest BCUT2D eigenvalue weighted by Crippen LogP contribution is 2.39. The van der Waals surface area contributed by atoms with Crippen LogP contribution in [0.25, 0.3) is 0 Å². The van der Waals surface area contributed by atoms with Crippen LogP contribution in [0.3, 0.4) is 0 Å². The van der Waals surface area contributed by atoms with Crippen LogP contribution in [0.4, 0.5) is 0 Å². The van der Waals surface area contributed by atoms with Crippen molar-refractivity contribution in [1.82, 2.24) is 24.6 Å². The van der Waals surface area contributed by atoms with Gasteiger partial charge in [-0.3, -0.25) is 14.3 Å². The van der Waals surface area contributed by atoms with E-state index < -0.39 is 0 Å². The fraction of sp³-hybridized carbons (Fsp3) is 0.800. The van der Waals surface area contributed by atoms with Crippen LogP contribution in [0.2, 0.25) is 0 Å². The van der Waals surface area contributed by atoms with E-state index in [2.05, 4.69) is 28.8 Å². The van der Waals surface area contributed by atoms with Gasteiger partial charge < -0.3 is 9.80 Å². The molecule has 0 radical (unpaired) electrons. The zero-order valence-corrected chi connectivity index (χ0v) is 16.8. The van der Waals surface area contributed by atoms with E-state index in [-0.39, 0.29) is 17.2 Å². The molecule has 7 heteroatoms. The van der Waals surface area contributed by atoms with Gasteiger partial charge in [-0.25, -0.2) is 4.98 Å². The van der Waals surface area contributed by atoms with Gasteiger partial charge in [0.25, 0.3) is 0 Å². The number of piperidine rings is 2. The van der Waals surface area contributed by atoms with Gasteiger partial charge in [0.1, 0.15) is 12.7 Å². The highest BCUT2D eigenvalue weighted by molar-refractivity contribution is 5.78. The average molecular weight is 376 g/mol. The van der Waals surface area contributed by atoms with Gasteiger partial charge in [-0.1, -0.05) is 13.8 Å². The number of carbonyl (C=O) groups is 2. The first-order valence-corrected chi connectivity index (χ1v) is 10.4. The summed E-state index contributed by atoms with van der Waals surface area (Å²) in [5.41, 5.74) is 0.102. The number of aromatic nitrogens is 3. The van der Waals surface area contributed by atoms with Crippen molar-refractivity contribution in [2.45, 2.75) is 65.3 Å². The van der Waals surface area contributed by atoms with Crippen LogP contribution in [0.5, 0.6) is 0 Å². The van der Waals surface area contributed by atoms with E-state index in [4.69, 9.17) is 0 Å². The molecule has 27 heavy (non-hydrogen) atoms. The molecular formula is C20H33N5O2. The molecule has 0 unspecified atom stereocenters. The van der Waals surface area contributed by atoms with Gasteiger partial charge >= 0.3 is 0 Å². The minimum atomic E-state index is 0.102. The molecule has 2 amide bonds. The van der Waals surface area contributed by atoms with Gasteiger partial charge in [-0.2, -0.15) is 5.10 Å². The fourth-order valence-electron chi connectivity index (χ4n) is 4.37. The predicted octanol–water partition coefficient (Wildman–Crippen LogP) is 2.34. The number of hydrogen-bond acceptors (Lipinski definition) is 4. The summed E-state index contributed by atoms with van der Waals surface area (Å²) in [7, 11) is 0. The Balaban J connectivity index is 1.52. The number of likely N-dealkylation sites (tertiary alicyclic amines) is 2. The van der Waals surface area contributed by atoms with Crippen LogP contribution in [-0.4, -0.2) is 62.6 Å². The van der Waals surface area contributed by atoms with E-state index in [9.17, 15) is 9.59 Å². The van der Waals surface area contributed by atoms with E-state index in [1.54, 1.807) is 11.0 Å². The molecule has 1 aromatic heterocycles. The van der Waals surface area contributed by atoms with Crippen LogP contribution in [0, 0.1) is 11.3 Å². The van der Waals surface area contributed by atoms with Gasteiger partial charge in [0.15, 0.2) is 0 Å². The lowest BCUT2D eigenvalue weighted by atomic mass is 9.73. The molecule has 1 atom stereocenters. The Morgan fingerprint density at radius 3 is 2.85 bits per heavy atom. The second-order valence-electron chi connectivity index (χ2n) is 8.68. The standard InChI is InChI=1S/C20H33N5O2/c1-17(2)7-12-24-14-20(9-6-19(24)27)8-4-10-23(13-20)18(26)5-3-11-25-16-21-15-22-25/h15-17H,3-14H2,1-2H3/t20-/m1/s1. The Labute approximate surface area is 162 Å². The molecule has 1 spiro atoms. The zero-order chi connectivity index (χ0) is 19.3. The summed E-state index contributed by atoms with van der Waals surface area (Å²) in [6.45, 7) is 8.45. The maximum Gasteiger partial charge on any atom is 0.222 e. The first-order valence-electron chi connectivity index (χ1n) is 10.4. The SMILES string of the molecule is CC(C)CCN1C[C@]2(CCCN(C(=O)CCCn3cncn3)C2)CCC1=O. The number of carbonyl (C=O) groups excluding carboxylic acids is 2. The highest BCUT2D eigenvalue weighted by atomic mass is 16.2. The van der Waals surface area contributed by atoms with Crippen LogP contribution >= 0.6 is 0 Å². The highest BCUT2D eigenvalue weighted by Gasteiger charge is 2.42. The van der Waals surface area contributed by atoms with E-state index >= 15 is 0 Å². The molecule has 0 N–H and O–H groups in total. The minimum Gasteiger partial charge on any atom is -0.342 e. The molecule has 3 heterocycles. The van der Waals surface area contributed by atoms with Crippen molar-refractivity contribution in [3.63, 3.8) is 0 Å². The monoisotopic (exact) mass is 375 g/mol. The Morgan fingerprint density at radius 1 is 1.26 bits per heavy atom. The Kier molecular flexibility index (Phi) is 6.50.